The lowest BCUT2D eigenvalue weighted by Crippen LogP contribution is -2.02. The highest BCUT2D eigenvalue weighted by Crippen LogP contribution is 2.42. The van der Waals surface area contributed by atoms with E-state index < -0.39 is 18.7 Å². The topological polar surface area (TPSA) is 101 Å². The van der Waals surface area contributed by atoms with Crippen LogP contribution in [-0.4, -0.2) is 14.7 Å². The van der Waals surface area contributed by atoms with Gasteiger partial charge in [-0.3, -0.25) is 14.7 Å². The van der Waals surface area contributed by atoms with Crippen LogP contribution in [0.4, 0.5) is 5.69 Å². The Balaban J connectivity index is 2.89. The zero-order chi connectivity index (χ0) is 15.9. The van der Waals surface area contributed by atoms with Crippen LogP contribution in [0.3, 0.4) is 0 Å². The van der Waals surface area contributed by atoms with Crippen LogP contribution in [-0.2, 0) is 17.1 Å². The number of nitrogens with zero attached hydrogens (tertiary/aromatic N) is 1. The molecule has 1 aromatic carbocycles. The Hall–Kier alpha value is -1.23. The number of nitro benzene ring substituents is 1. The number of hydrogen-bond acceptors (Lipinski definition) is 3. The Kier molecular flexibility index (Phi) is 7.02. The Labute approximate surface area is 124 Å². The van der Waals surface area contributed by atoms with E-state index in [9.17, 15) is 14.7 Å². The Morgan fingerprint density at radius 2 is 1.86 bits per heavy atom. The smallest absolute Gasteiger partial charge is 0.324 e. The molecule has 0 heterocycles. The van der Waals surface area contributed by atoms with Crippen molar-refractivity contribution in [2.24, 2.45) is 0 Å². The summed E-state index contributed by atoms with van der Waals surface area (Å²) in [6, 6.07) is 4.59. The van der Waals surface area contributed by atoms with Crippen LogP contribution < -0.4 is 0 Å². The first kappa shape index (κ1) is 17.8. The van der Waals surface area contributed by atoms with E-state index in [0.29, 0.717) is 12.0 Å². The lowest BCUT2D eigenvalue weighted by atomic mass is 10.00. The summed E-state index contributed by atoms with van der Waals surface area (Å²) < 4.78 is 11.2. The number of hydrogen-bond donors (Lipinski definition) is 2. The van der Waals surface area contributed by atoms with Gasteiger partial charge in [-0.15, -0.1) is 0 Å². The molecule has 0 aliphatic rings. The van der Waals surface area contributed by atoms with Gasteiger partial charge in [0.05, 0.1) is 11.1 Å². The summed E-state index contributed by atoms with van der Waals surface area (Å²) in [5, 5.41) is 11.0. The lowest BCUT2D eigenvalue weighted by molar-refractivity contribution is -0.385. The van der Waals surface area contributed by atoms with Gasteiger partial charge in [0.15, 0.2) is 0 Å². The van der Waals surface area contributed by atoms with E-state index in [1.165, 1.54) is 6.07 Å². The van der Waals surface area contributed by atoms with Gasteiger partial charge in [-0.1, -0.05) is 44.7 Å². The maximum Gasteiger partial charge on any atom is 0.330 e. The summed E-state index contributed by atoms with van der Waals surface area (Å²) in [5.41, 5.74) is 0.639. The van der Waals surface area contributed by atoms with Gasteiger partial charge >= 0.3 is 7.60 Å². The number of rotatable bonds is 9. The van der Waals surface area contributed by atoms with Crippen molar-refractivity contribution in [3.63, 3.8) is 0 Å². The molecular weight excluding hydrogens is 293 g/mol. The van der Waals surface area contributed by atoms with Crippen molar-refractivity contribution in [2.75, 3.05) is 0 Å². The minimum atomic E-state index is -4.34. The van der Waals surface area contributed by atoms with E-state index in [2.05, 4.69) is 6.92 Å². The number of nitro groups is 1. The van der Waals surface area contributed by atoms with Crippen molar-refractivity contribution in [1.29, 1.82) is 0 Å². The molecule has 0 fully saturated rings. The quantitative estimate of drug-likeness (QED) is 0.312. The van der Waals surface area contributed by atoms with E-state index in [4.69, 9.17) is 9.79 Å². The second-order valence-corrected chi connectivity index (χ2v) is 6.80. The van der Waals surface area contributed by atoms with E-state index in [1.807, 2.05) is 0 Å². The summed E-state index contributed by atoms with van der Waals surface area (Å²) in [5.74, 6) is 0. The van der Waals surface area contributed by atoms with Crippen molar-refractivity contribution in [2.45, 2.75) is 51.6 Å². The average Bonchev–Trinajstić information content (AvgIpc) is 2.38. The third-order valence-corrected chi connectivity index (χ3v) is 4.09. The molecule has 0 aliphatic carbocycles. The van der Waals surface area contributed by atoms with Crippen LogP contribution in [0.1, 0.15) is 50.2 Å². The van der Waals surface area contributed by atoms with Gasteiger partial charge in [0.2, 0.25) is 0 Å². The van der Waals surface area contributed by atoms with Crippen LogP contribution in [0.2, 0.25) is 0 Å². The number of aryl methyl sites for hydroxylation is 1. The molecular formula is C14H22NO5P. The zero-order valence-corrected chi connectivity index (χ0v) is 13.1. The van der Waals surface area contributed by atoms with Crippen molar-refractivity contribution in [3.8, 4) is 0 Å². The van der Waals surface area contributed by atoms with Crippen LogP contribution in [0, 0.1) is 10.1 Å². The second-order valence-electron chi connectivity index (χ2n) is 5.16. The predicted octanol–water partition coefficient (Wildman–Crippen LogP) is 3.79. The van der Waals surface area contributed by atoms with Gasteiger partial charge in [-0.25, -0.2) is 0 Å². The van der Waals surface area contributed by atoms with Crippen LogP contribution in [0.15, 0.2) is 18.2 Å². The van der Waals surface area contributed by atoms with E-state index >= 15 is 0 Å². The molecule has 0 aliphatic heterocycles. The third kappa shape index (κ3) is 6.38. The molecule has 0 bridgehead atoms. The fourth-order valence-corrected chi connectivity index (χ4v) is 3.11. The number of benzene rings is 1. The monoisotopic (exact) mass is 315 g/mol. The summed E-state index contributed by atoms with van der Waals surface area (Å²) in [4.78, 5) is 28.7. The molecule has 0 saturated carbocycles. The summed E-state index contributed by atoms with van der Waals surface area (Å²) >= 11 is 0. The summed E-state index contributed by atoms with van der Waals surface area (Å²) in [6.45, 7) is 2.12. The first-order chi connectivity index (χ1) is 9.85. The molecule has 1 aromatic rings. The largest absolute Gasteiger partial charge is 0.330 e. The van der Waals surface area contributed by atoms with Gasteiger partial charge < -0.3 is 9.79 Å². The standard InChI is InChI=1S/C14H22NO5P/c1-2-3-4-5-6-8-12-9-7-10-14(15(16)17)13(12)11-21(18,19)20/h7,9-10H,2-6,8,11H2,1H3,(H2,18,19,20). The molecule has 0 aromatic heterocycles. The summed E-state index contributed by atoms with van der Waals surface area (Å²) in [6.07, 6.45) is 5.33. The molecule has 2 N–H and O–H groups in total. The minimum Gasteiger partial charge on any atom is -0.324 e. The molecule has 0 amide bonds. The average molecular weight is 315 g/mol. The molecule has 0 radical (unpaired) electrons. The first-order valence-corrected chi connectivity index (χ1v) is 8.94. The molecule has 118 valence electrons. The van der Waals surface area contributed by atoms with Gasteiger partial charge in [0.1, 0.15) is 0 Å². The van der Waals surface area contributed by atoms with Gasteiger partial charge in [-0.2, -0.15) is 0 Å². The molecule has 21 heavy (non-hydrogen) atoms. The van der Waals surface area contributed by atoms with E-state index in [-0.39, 0.29) is 11.3 Å². The second kappa shape index (κ2) is 8.27. The van der Waals surface area contributed by atoms with Crippen molar-refractivity contribution >= 4 is 13.3 Å². The molecule has 6 nitrogen and oxygen atoms in total. The molecule has 0 atom stereocenters. The van der Waals surface area contributed by atoms with Crippen molar-refractivity contribution in [1.82, 2.24) is 0 Å². The van der Waals surface area contributed by atoms with Crippen LogP contribution in [0.25, 0.3) is 0 Å². The molecule has 0 spiro atoms. The highest BCUT2D eigenvalue weighted by molar-refractivity contribution is 7.50. The van der Waals surface area contributed by atoms with Crippen molar-refractivity contribution in [3.05, 3.63) is 39.4 Å². The van der Waals surface area contributed by atoms with Gasteiger partial charge in [0, 0.05) is 11.6 Å². The zero-order valence-electron chi connectivity index (χ0n) is 12.2. The highest BCUT2D eigenvalue weighted by atomic mass is 31.2. The maximum absolute atomic E-state index is 11.2. The lowest BCUT2D eigenvalue weighted by Gasteiger charge is -2.11. The minimum absolute atomic E-state index is 0.173. The van der Waals surface area contributed by atoms with E-state index in [1.54, 1.807) is 12.1 Å². The fraction of sp³-hybridized carbons (Fsp3) is 0.571. The molecule has 1 rings (SSSR count). The van der Waals surface area contributed by atoms with Crippen LogP contribution in [0.5, 0.6) is 0 Å². The molecule has 7 heteroatoms. The highest BCUT2D eigenvalue weighted by Gasteiger charge is 2.24. The third-order valence-electron chi connectivity index (χ3n) is 3.36. The normalized spacial score (nSPS) is 11.6. The maximum atomic E-state index is 11.2. The molecule has 0 unspecified atom stereocenters. The predicted molar refractivity (Wildman–Crippen MR) is 81.3 cm³/mol. The summed E-state index contributed by atoms with van der Waals surface area (Å²) in [7, 11) is -4.34. The Bertz CT molecular complexity index is 526. The number of unbranched alkanes of at least 4 members (excludes halogenated alkanes) is 4. The molecule has 0 saturated heterocycles. The van der Waals surface area contributed by atoms with Gasteiger partial charge in [-0.05, 0) is 18.4 Å². The fourth-order valence-electron chi connectivity index (χ4n) is 2.33. The first-order valence-electron chi connectivity index (χ1n) is 7.15. The van der Waals surface area contributed by atoms with Crippen molar-refractivity contribution < 1.29 is 19.3 Å². The SMILES string of the molecule is CCCCCCCc1cccc([N+](=O)[O-])c1CP(=O)(O)O. The Morgan fingerprint density at radius 3 is 2.43 bits per heavy atom. The Morgan fingerprint density at radius 1 is 1.19 bits per heavy atom. The van der Waals surface area contributed by atoms with Gasteiger partial charge in [0.25, 0.3) is 5.69 Å². The van der Waals surface area contributed by atoms with Crippen LogP contribution >= 0.6 is 7.60 Å². The van der Waals surface area contributed by atoms with E-state index in [0.717, 1.165) is 32.1 Å².